The molecular formula is C41H49N9O8. The number of aromatic amines is 2. The molecule has 2 saturated heterocycles. The molecule has 0 saturated carbocycles. The summed E-state index contributed by atoms with van der Waals surface area (Å²) < 4.78 is 21.1. The average Bonchev–Trinajstić information content (AvgIpc) is 4.09. The Morgan fingerprint density at radius 1 is 0.741 bits per heavy atom. The number of likely N-dealkylation sites (tertiary alicyclic amines) is 2. The Labute approximate surface area is 335 Å². The lowest BCUT2D eigenvalue weighted by molar-refractivity contribution is -0.137. The standard InChI is InChI=1S/C41H49N9O8/c1-22(2)33(47-40(53)56-5)38(51)49-17-7-9-30(49)35-42-20-28(44-35)24-11-13-25(14-12-24)37-46-27-16-15-26(19-32(27)58-37)29-21-43-36(45-29)31-10-8-18-50(31)39(52)34(23(3)55-4)48-41(54)57-6/h11-16,19-23,30-31,33-34H,7-10,17-18H2,1-6H3,(H,42,44)(H,43,45)(H,47,53)(H,48,54). The van der Waals surface area contributed by atoms with Gasteiger partial charge in [0.15, 0.2) is 5.58 Å². The molecule has 7 rings (SSSR count). The molecule has 5 heterocycles. The van der Waals surface area contributed by atoms with Crippen molar-refractivity contribution in [3.8, 4) is 34.0 Å². The molecule has 306 valence electrons. The van der Waals surface area contributed by atoms with Gasteiger partial charge < -0.3 is 49.0 Å². The van der Waals surface area contributed by atoms with E-state index >= 15 is 0 Å². The molecule has 5 aromatic rings. The van der Waals surface area contributed by atoms with E-state index in [4.69, 9.17) is 23.6 Å². The minimum Gasteiger partial charge on any atom is -0.453 e. The van der Waals surface area contributed by atoms with Crippen molar-refractivity contribution in [2.45, 2.75) is 76.7 Å². The summed E-state index contributed by atoms with van der Waals surface area (Å²) in [5, 5.41) is 5.30. The van der Waals surface area contributed by atoms with Gasteiger partial charge in [0, 0.05) is 31.3 Å². The molecular weight excluding hydrogens is 747 g/mol. The zero-order valence-electron chi connectivity index (χ0n) is 33.4. The maximum atomic E-state index is 13.6. The summed E-state index contributed by atoms with van der Waals surface area (Å²) in [6, 6.07) is 11.4. The number of nitrogens with one attached hydrogen (secondary N) is 4. The third-order valence-corrected chi connectivity index (χ3v) is 11.0. The quantitative estimate of drug-likeness (QED) is 0.120. The molecule has 17 heteroatoms. The van der Waals surface area contributed by atoms with Crippen LogP contribution in [0.25, 0.3) is 45.1 Å². The van der Waals surface area contributed by atoms with Crippen molar-refractivity contribution in [3.05, 3.63) is 66.5 Å². The van der Waals surface area contributed by atoms with Crippen LogP contribution in [0, 0.1) is 5.92 Å². The second kappa shape index (κ2) is 17.1. The lowest BCUT2D eigenvalue weighted by Gasteiger charge is -2.30. The summed E-state index contributed by atoms with van der Waals surface area (Å²) in [4.78, 5) is 75.6. The second-order valence-corrected chi connectivity index (χ2v) is 14.9. The van der Waals surface area contributed by atoms with Gasteiger partial charge >= 0.3 is 12.2 Å². The first-order chi connectivity index (χ1) is 28.0. The second-order valence-electron chi connectivity index (χ2n) is 14.9. The molecule has 0 spiro atoms. The maximum absolute atomic E-state index is 13.6. The van der Waals surface area contributed by atoms with Gasteiger partial charge in [-0.3, -0.25) is 9.59 Å². The number of methoxy groups -OCH3 is 3. The molecule has 0 radical (unpaired) electrons. The molecule has 2 aliphatic rings. The summed E-state index contributed by atoms with van der Waals surface area (Å²) in [6.45, 7) is 6.59. The molecule has 58 heavy (non-hydrogen) atoms. The number of aromatic nitrogens is 5. The Hall–Kier alpha value is -6.23. The molecule has 0 bridgehead atoms. The van der Waals surface area contributed by atoms with Crippen LogP contribution < -0.4 is 10.6 Å². The third-order valence-electron chi connectivity index (χ3n) is 11.0. The van der Waals surface area contributed by atoms with Crippen LogP contribution in [0.1, 0.15) is 70.2 Å². The molecule has 4 amide bonds. The first-order valence-corrected chi connectivity index (χ1v) is 19.4. The van der Waals surface area contributed by atoms with Crippen LogP contribution in [0.3, 0.4) is 0 Å². The van der Waals surface area contributed by atoms with Crippen LogP contribution in [-0.2, 0) is 23.8 Å². The number of imidazole rings is 2. The Kier molecular flexibility index (Phi) is 11.8. The van der Waals surface area contributed by atoms with Gasteiger partial charge in [0.2, 0.25) is 17.7 Å². The van der Waals surface area contributed by atoms with Crippen molar-refractivity contribution in [2.24, 2.45) is 5.92 Å². The van der Waals surface area contributed by atoms with E-state index < -0.39 is 30.4 Å². The number of rotatable bonds is 12. The monoisotopic (exact) mass is 795 g/mol. The highest BCUT2D eigenvalue weighted by atomic mass is 16.5. The van der Waals surface area contributed by atoms with E-state index in [0.717, 1.165) is 47.3 Å². The van der Waals surface area contributed by atoms with E-state index in [0.29, 0.717) is 48.1 Å². The lowest BCUT2D eigenvalue weighted by Crippen LogP contribution is -2.54. The largest absolute Gasteiger partial charge is 0.453 e. The fourth-order valence-corrected chi connectivity index (χ4v) is 7.70. The third kappa shape index (κ3) is 8.12. The molecule has 4 N–H and O–H groups in total. The number of fused-ring (bicyclic) bond motifs is 1. The van der Waals surface area contributed by atoms with Crippen molar-refractivity contribution in [1.29, 1.82) is 0 Å². The number of nitrogens with zero attached hydrogens (tertiary/aromatic N) is 5. The van der Waals surface area contributed by atoms with Crippen LogP contribution in [-0.4, -0.2) is 111 Å². The van der Waals surface area contributed by atoms with Gasteiger partial charge in [-0.05, 0) is 68.4 Å². The maximum Gasteiger partial charge on any atom is 0.407 e. The van der Waals surface area contributed by atoms with E-state index in [-0.39, 0.29) is 29.8 Å². The van der Waals surface area contributed by atoms with Crippen LogP contribution in [0.5, 0.6) is 0 Å². The van der Waals surface area contributed by atoms with E-state index in [9.17, 15) is 19.2 Å². The topological polar surface area (TPSA) is 210 Å². The molecule has 2 aliphatic heterocycles. The number of hydrogen-bond acceptors (Lipinski definition) is 11. The van der Waals surface area contributed by atoms with Crippen molar-refractivity contribution < 1.29 is 37.8 Å². The number of oxazole rings is 1. The van der Waals surface area contributed by atoms with Gasteiger partial charge in [-0.15, -0.1) is 0 Å². The SMILES string of the molecule is COC(=O)NC(C(=O)N1CCCC1c1ncc(-c2ccc(-c3nc4ccc(-c5cnc(C6CCCN6C(=O)C(NC(=O)OC)C(C)OC)[nH]5)cc4o3)cc2)[nH]1)C(C)C. The Balaban J connectivity index is 1.03. The van der Waals surface area contributed by atoms with Crippen molar-refractivity contribution in [2.75, 3.05) is 34.4 Å². The van der Waals surface area contributed by atoms with Gasteiger partial charge in [-0.2, -0.15) is 0 Å². The minimum atomic E-state index is -0.917. The Bertz CT molecular complexity index is 2260. The predicted molar refractivity (Wildman–Crippen MR) is 212 cm³/mol. The lowest BCUT2D eigenvalue weighted by atomic mass is 10.0. The minimum absolute atomic E-state index is 0.121. The van der Waals surface area contributed by atoms with Gasteiger partial charge in [0.05, 0.1) is 56.2 Å². The summed E-state index contributed by atoms with van der Waals surface area (Å²) in [7, 11) is 4.02. The smallest absolute Gasteiger partial charge is 0.407 e. The zero-order valence-corrected chi connectivity index (χ0v) is 33.4. The highest BCUT2D eigenvalue weighted by molar-refractivity contribution is 5.87. The highest BCUT2D eigenvalue weighted by Gasteiger charge is 2.39. The predicted octanol–water partition coefficient (Wildman–Crippen LogP) is 5.74. The van der Waals surface area contributed by atoms with Gasteiger partial charge in [0.25, 0.3) is 0 Å². The molecule has 2 fully saturated rings. The number of H-pyrrole nitrogens is 2. The van der Waals surface area contributed by atoms with Gasteiger partial charge in [-0.1, -0.05) is 32.0 Å². The van der Waals surface area contributed by atoms with Crippen LogP contribution >= 0.6 is 0 Å². The molecule has 17 nitrogen and oxygen atoms in total. The number of benzene rings is 2. The zero-order chi connectivity index (χ0) is 41.1. The number of alkyl carbamates (subject to hydrolysis) is 2. The normalized spacial score (nSPS) is 18.3. The number of ether oxygens (including phenoxy) is 3. The van der Waals surface area contributed by atoms with E-state index in [1.54, 1.807) is 29.1 Å². The van der Waals surface area contributed by atoms with Gasteiger partial charge in [0.1, 0.15) is 29.2 Å². The molecule has 3 aromatic heterocycles. The highest BCUT2D eigenvalue weighted by Crippen LogP contribution is 2.35. The van der Waals surface area contributed by atoms with Crippen molar-refractivity contribution in [3.63, 3.8) is 0 Å². The molecule has 5 atom stereocenters. The van der Waals surface area contributed by atoms with E-state index in [2.05, 4.69) is 30.6 Å². The summed E-state index contributed by atoms with van der Waals surface area (Å²) in [6.07, 6.45) is 4.68. The fraction of sp³-hybridized carbons (Fsp3) is 0.439. The summed E-state index contributed by atoms with van der Waals surface area (Å²) in [5.74, 6) is 1.26. The van der Waals surface area contributed by atoms with Crippen LogP contribution in [0.2, 0.25) is 0 Å². The van der Waals surface area contributed by atoms with E-state index in [1.165, 1.54) is 21.3 Å². The number of amides is 4. The van der Waals surface area contributed by atoms with Crippen LogP contribution in [0.15, 0.2) is 59.3 Å². The van der Waals surface area contributed by atoms with Gasteiger partial charge in [-0.25, -0.2) is 24.5 Å². The fourth-order valence-electron chi connectivity index (χ4n) is 7.70. The summed E-state index contributed by atoms with van der Waals surface area (Å²) in [5.41, 5.74) is 5.41. The van der Waals surface area contributed by atoms with Crippen molar-refractivity contribution in [1.82, 2.24) is 45.4 Å². The molecule has 5 unspecified atom stereocenters. The Morgan fingerprint density at radius 3 is 1.81 bits per heavy atom. The van der Waals surface area contributed by atoms with Crippen molar-refractivity contribution >= 4 is 35.1 Å². The number of hydrogen-bond donors (Lipinski definition) is 4. The number of carbonyl (C=O) groups excluding carboxylic acids is 4. The summed E-state index contributed by atoms with van der Waals surface area (Å²) >= 11 is 0. The molecule has 0 aliphatic carbocycles. The first-order valence-electron chi connectivity index (χ1n) is 19.4. The molecule has 2 aromatic carbocycles. The van der Waals surface area contributed by atoms with Crippen LogP contribution in [0.4, 0.5) is 9.59 Å². The Morgan fingerprint density at radius 2 is 1.26 bits per heavy atom. The van der Waals surface area contributed by atoms with E-state index in [1.807, 2.05) is 56.3 Å². The average molecular weight is 796 g/mol. The first kappa shape index (κ1) is 40.0. The number of carbonyl (C=O) groups is 4.